The van der Waals surface area contributed by atoms with Crippen LogP contribution in [-0.2, 0) is 17.6 Å². The molecule has 126 valence electrons. The number of benzene rings is 1. The zero-order valence-corrected chi connectivity index (χ0v) is 13.0. The van der Waals surface area contributed by atoms with Crippen molar-refractivity contribution >= 4 is 23.2 Å². The number of aliphatic hydroxyl groups is 1. The Labute approximate surface area is 136 Å². The molecule has 0 aliphatic carbocycles. The van der Waals surface area contributed by atoms with E-state index in [4.69, 9.17) is 11.6 Å². The maximum absolute atomic E-state index is 12.6. The average Bonchev–Trinajstić information content (AvgIpc) is 2.65. The van der Waals surface area contributed by atoms with E-state index in [1.165, 1.54) is 0 Å². The first-order chi connectivity index (χ1) is 10.8. The Balaban J connectivity index is 1.85. The average molecular weight is 349 g/mol. The van der Waals surface area contributed by atoms with Crippen LogP contribution in [0.1, 0.15) is 11.1 Å². The van der Waals surface area contributed by atoms with E-state index in [9.17, 15) is 23.1 Å². The molecule has 1 fully saturated rings. The largest absolute Gasteiger partial charge is 0.471 e. The molecular formula is C15H16ClF3N2O2. The molecule has 8 heteroatoms. The fourth-order valence-electron chi connectivity index (χ4n) is 3.14. The monoisotopic (exact) mass is 348 g/mol. The Kier molecular flexibility index (Phi) is 4.18. The minimum absolute atomic E-state index is 0.00901. The molecule has 4 nitrogen and oxygen atoms in total. The van der Waals surface area contributed by atoms with Gasteiger partial charge in [0.05, 0.1) is 16.8 Å². The molecule has 1 aromatic carbocycles. The number of hydrogen-bond acceptors (Lipinski definition) is 3. The predicted molar refractivity (Wildman–Crippen MR) is 79.7 cm³/mol. The van der Waals surface area contributed by atoms with Crippen molar-refractivity contribution in [3.8, 4) is 0 Å². The van der Waals surface area contributed by atoms with Gasteiger partial charge in [0.25, 0.3) is 0 Å². The molecule has 1 N–H and O–H groups in total. The number of amides is 1. The smallest absolute Gasteiger partial charge is 0.389 e. The summed E-state index contributed by atoms with van der Waals surface area (Å²) in [6, 6.07) is 3.53. The summed E-state index contributed by atoms with van der Waals surface area (Å²) in [6.45, 7) is 0.965. The number of carbonyl (C=O) groups is 1. The van der Waals surface area contributed by atoms with Crippen LogP contribution in [0.2, 0.25) is 5.02 Å². The van der Waals surface area contributed by atoms with Gasteiger partial charge in [-0.15, -0.1) is 0 Å². The number of fused-ring (bicyclic) bond motifs is 1. The highest BCUT2D eigenvalue weighted by atomic mass is 35.5. The Morgan fingerprint density at radius 2 is 1.87 bits per heavy atom. The topological polar surface area (TPSA) is 43.8 Å². The van der Waals surface area contributed by atoms with Gasteiger partial charge in [0.2, 0.25) is 0 Å². The van der Waals surface area contributed by atoms with E-state index in [1.54, 1.807) is 12.1 Å². The van der Waals surface area contributed by atoms with Gasteiger partial charge in [-0.05, 0) is 30.0 Å². The number of carbonyl (C=O) groups excluding carboxylic acids is 1. The van der Waals surface area contributed by atoms with Gasteiger partial charge in [0.15, 0.2) is 0 Å². The van der Waals surface area contributed by atoms with Gasteiger partial charge < -0.3 is 14.9 Å². The maximum Gasteiger partial charge on any atom is 0.471 e. The van der Waals surface area contributed by atoms with Gasteiger partial charge in [-0.2, -0.15) is 13.2 Å². The highest BCUT2D eigenvalue weighted by molar-refractivity contribution is 6.33. The molecular weight excluding hydrogens is 333 g/mol. The van der Waals surface area contributed by atoms with E-state index < -0.39 is 18.2 Å². The van der Waals surface area contributed by atoms with Crippen molar-refractivity contribution in [2.24, 2.45) is 0 Å². The fraction of sp³-hybridized carbons (Fsp3) is 0.533. The molecule has 0 radical (unpaired) electrons. The molecule has 0 spiro atoms. The number of anilines is 1. The SMILES string of the molecule is O=C(N1CCc2ccc(Cl)c(N3CC(O)C3)c2CC1)C(F)(F)F. The maximum atomic E-state index is 12.6. The predicted octanol–water partition coefficient (Wildman–Crippen LogP) is 2.01. The molecule has 0 aromatic heterocycles. The first-order valence-electron chi connectivity index (χ1n) is 7.36. The van der Waals surface area contributed by atoms with E-state index in [1.807, 2.05) is 4.90 Å². The van der Waals surface area contributed by atoms with Gasteiger partial charge in [-0.3, -0.25) is 4.79 Å². The molecule has 2 aliphatic heterocycles. The summed E-state index contributed by atoms with van der Waals surface area (Å²) in [5.41, 5.74) is 2.56. The Morgan fingerprint density at radius 1 is 1.22 bits per heavy atom. The number of aliphatic hydroxyl groups excluding tert-OH is 1. The lowest BCUT2D eigenvalue weighted by atomic mass is 9.98. The van der Waals surface area contributed by atoms with Crippen LogP contribution in [0.5, 0.6) is 0 Å². The van der Waals surface area contributed by atoms with Crippen LogP contribution in [0.25, 0.3) is 0 Å². The highest BCUT2D eigenvalue weighted by Gasteiger charge is 2.42. The zero-order valence-electron chi connectivity index (χ0n) is 12.2. The van der Waals surface area contributed by atoms with Gasteiger partial charge in [-0.25, -0.2) is 0 Å². The van der Waals surface area contributed by atoms with E-state index >= 15 is 0 Å². The van der Waals surface area contributed by atoms with Crippen molar-refractivity contribution in [3.63, 3.8) is 0 Å². The number of hydrogen-bond donors (Lipinski definition) is 1. The van der Waals surface area contributed by atoms with Gasteiger partial charge in [0, 0.05) is 26.2 Å². The van der Waals surface area contributed by atoms with Crippen LogP contribution in [0.4, 0.5) is 18.9 Å². The number of halogens is 4. The lowest BCUT2D eigenvalue weighted by molar-refractivity contribution is -0.185. The molecule has 2 aliphatic rings. The zero-order chi connectivity index (χ0) is 16.8. The van der Waals surface area contributed by atoms with Crippen molar-refractivity contribution in [1.29, 1.82) is 0 Å². The summed E-state index contributed by atoms with van der Waals surface area (Å²) in [5, 5.41) is 9.99. The molecule has 2 heterocycles. The Hall–Kier alpha value is -1.47. The summed E-state index contributed by atoms with van der Waals surface area (Å²) in [7, 11) is 0. The molecule has 0 saturated carbocycles. The Morgan fingerprint density at radius 3 is 2.48 bits per heavy atom. The van der Waals surface area contributed by atoms with Crippen molar-refractivity contribution < 1.29 is 23.1 Å². The van der Waals surface area contributed by atoms with Crippen LogP contribution in [0, 0.1) is 0 Å². The fourth-order valence-corrected chi connectivity index (χ4v) is 3.44. The van der Waals surface area contributed by atoms with E-state index in [-0.39, 0.29) is 13.1 Å². The van der Waals surface area contributed by atoms with Gasteiger partial charge >= 0.3 is 12.1 Å². The number of rotatable bonds is 1. The van der Waals surface area contributed by atoms with Gasteiger partial charge in [-0.1, -0.05) is 17.7 Å². The van der Waals surface area contributed by atoms with E-state index in [0.717, 1.165) is 21.7 Å². The third-order valence-electron chi connectivity index (χ3n) is 4.32. The summed E-state index contributed by atoms with van der Waals surface area (Å²) < 4.78 is 37.9. The first kappa shape index (κ1) is 16.4. The van der Waals surface area contributed by atoms with Crippen molar-refractivity contribution in [1.82, 2.24) is 4.90 Å². The molecule has 3 rings (SSSR count). The molecule has 0 unspecified atom stereocenters. The van der Waals surface area contributed by atoms with E-state index in [0.29, 0.717) is 31.0 Å². The lowest BCUT2D eigenvalue weighted by Gasteiger charge is -2.40. The number of nitrogens with zero attached hydrogens (tertiary/aromatic N) is 2. The molecule has 1 aromatic rings. The van der Waals surface area contributed by atoms with Crippen molar-refractivity contribution in [2.45, 2.75) is 25.1 Å². The minimum atomic E-state index is -4.85. The summed E-state index contributed by atoms with van der Waals surface area (Å²) in [6.07, 6.45) is -4.58. The lowest BCUT2D eigenvalue weighted by Crippen LogP contribution is -2.51. The molecule has 0 bridgehead atoms. The normalized spacial score (nSPS) is 19.2. The van der Waals surface area contributed by atoms with Crippen LogP contribution in [0.3, 0.4) is 0 Å². The van der Waals surface area contributed by atoms with Crippen LogP contribution in [0.15, 0.2) is 12.1 Å². The first-order valence-corrected chi connectivity index (χ1v) is 7.74. The number of β-amino-alcohol motifs (C(OH)–C–C–N with tert-alkyl or cyclic N) is 1. The standard InChI is InChI=1S/C15H16ClF3N2O2/c16-12-2-1-9-3-5-20(14(23)15(17,18)19)6-4-11(9)13(12)21-7-10(22)8-21/h1-2,10,22H,3-8H2. The van der Waals surface area contributed by atoms with E-state index in [2.05, 4.69) is 0 Å². The van der Waals surface area contributed by atoms with Gasteiger partial charge in [0.1, 0.15) is 0 Å². The third kappa shape index (κ3) is 3.12. The second-order valence-corrected chi connectivity index (χ2v) is 6.29. The van der Waals surface area contributed by atoms with Crippen LogP contribution < -0.4 is 4.90 Å². The number of alkyl halides is 3. The second-order valence-electron chi connectivity index (χ2n) is 5.88. The summed E-state index contributed by atoms with van der Waals surface area (Å²) >= 11 is 6.26. The van der Waals surface area contributed by atoms with Crippen LogP contribution in [-0.4, -0.2) is 54.4 Å². The summed E-state index contributed by atoms with van der Waals surface area (Å²) in [5.74, 6) is -1.79. The molecule has 0 atom stereocenters. The molecule has 1 saturated heterocycles. The molecule has 23 heavy (non-hydrogen) atoms. The van der Waals surface area contributed by atoms with Crippen molar-refractivity contribution in [2.75, 3.05) is 31.1 Å². The quantitative estimate of drug-likeness (QED) is 0.844. The molecule has 1 amide bonds. The Bertz CT molecular complexity index is 630. The third-order valence-corrected chi connectivity index (χ3v) is 4.63. The second kappa shape index (κ2) is 5.87. The highest BCUT2D eigenvalue weighted by Crippen LogP contribution is 2.37. The summed E-state index contributed by atoms with van der Waals surface area (Å²) in [4.78, 5) is 14.2. The minimum Gasteiger partial charge on any atom is -0.389 e. The van der Waals surface area contributed by atoms with Crippen molar-refractivity contribution in [3.05, 3.63) is 28.3 Å². The van der Waals surface area contributed by atoms with Crippen LogP contribution >= 0.6 is 11.6 Å².